The van der Waals surface area contributed by atoms with Crippen molar-refractivity contribution in [1.29, 1.82) is 0 Å². The van der Waals surface area contributed by atoms with Crippen molar-refractivity contribution in [2.24, 2.45) is 0 Å². The summed E-state index contributed by atoms with van der Waals surface area (Å²) < 4.78 is 5.89. The van der Waals surface area contributed by atoms with Gasteiger partial charge in [0.1, 0.15) is 11.4 Å². The highest BCUT2D eigenvalue weighted by molar-refractivity contribution is 6.30. The lowest BCUT2D eigenvalue weighted by Crippen LogP contribution is -2.45. The number of aromatic nitrogens is 3. The number of H-pyrrole nitrogens is 2. The predicted octanol–water partition coefficient (Wildman–Crippen LogP) is 4.64. The molecule has 0 saturated carbocycles. The average molecular weight is 508 g/mol. The van der Waals surface area contributed by atoms with Gasteiger partial charge in [0.25, 0.3) is 5.56 Å². The Morgan fingerprint density at radius 3 is 2.75 bits per heavy atom. The van der Waals surface area contributed by atoms with E-state index in [4.69, 9.17) is 21.3 Å². The van der Waals surface area contributed by atoms with Gasteiger partial charge in [-0.3, -0.25) is 4.79 Å². The van der Waals surface area contributed by atoms with Crippen molar-refractivity contribution in [3.63, 3.8) is 0 Å². The van der Waals surface area contributed by atoms with Crippen molar-refractivity contribution >= 4 is 34.0 Å². The second kappa shape index (κ2) is 9.97. The lowest BCUT2D eigenvalue weighted by atomic mass is 10.1. The van der Waals surface area contributed by atoms with Gasteiger partial charge in [0.15, 0.2) is 0 Å². The molecule has 0 amide bonds. The summed E-state index contributed by atoms with van der Waals surface area (Å²) in [5.41, 5.74) is 5.19. The summed E-state index contributed by atoms with van der Waals surface area (Å²) in [4.78, 5) is 26.1. The van der Waals surface area contributed by atoms with Crippen LogP contribution < -0.4 is 15.8 Å². The molecule has 9 heteroatoms. The van der Waals surface area contributed by atoms with Gasteiger partial charge in [-0.1, -0.05) is 23.7 Å². The highest BCUT2D eigenvalue weighted by Gasteiger charge is 2.24. The number of nitrogens with one attached hydrogen (secondary N) is 3. The number of aryl methyl sites for hydroxylation is 1. The zero-order valence-electron chi connectivity index (χ0n) is 20.5. The number of fused-ring (bicyclic) bond motifs is 1. The molecule has 0 aliphatic carbocycles. The van der Waals surface area contributed by atoms with Crippen LogP contribution in [0.5, 0.6) is 0 Å². The molecule has 0 radical (unpaired) electrons. The SMILES string of the molecule is Cc1cc(N2CC(C)OC(C)C2)cc2[nH]c(-c3c(NCC(O)c4cccc(Cl)c4)cc[nH]c3=O)nc12. The minimum absolute atomic E-state index is 0.154. The Bertz CT molecular complexity index is 1440. The molecule has 3 unspecified atom stereocenters. The summed E-state index contributed by atoms with van der Waals surface area (Å²) in [5, 5.41) is 14.4. The minimum Gasteiger partial charge on any atom is -0.387 e. The van der Waals surface area contributed by atoms with Gasteiger partial charge in [0.2, 0.25) is 0 Å². The molecule has 3 atom stereocenters. The fourth-order valence-corrected chi connectivity index (χ4v) is 5.06. The largest absolute Gasteiger partial charge is 0.387 e. The number of pyridine rings is 1. The van der Waals surface area contributed by atoms with Gasteiger partial charge >= 0.3 is 0 Å². The fraction of sp³-hybridized carbons (Fsp3) is 0.333. The molecule has 4 N–H and O–H groups in total. The summed E-state index contributed by atoms with van der Waals surface area (Å²) in [6.07, 6.45) is 1.09. The Hall–Kier alpha value is -3.33. The number of aromatic amines is 2. The van der Waals surface area contributed by atoms with Crippen LogP contribution >= 0.6 is 11.6 Å². The van der Waals surface area contributed by atoms with Crippen LogP contribution in [-0.2, 0) is 4.74 Å². The van der Waals surface area contributed by atoms with E-state index in [0.29, 0.717) is 27.7 Å². The van der Waals surface area contributed by atoms with E-state index in [1.165, 1.54) is 0 Å². The Morgan fingerprint density at radius 1 is 1.22 bits per heavy atom. The van der Waals surface area contributed by atoms with Gasteiger partial charge in [0.05, 0.1) is 35.0 Å². The quantitative estimate of drug-likeness (QED) is 0.303. The van der Waals surface area contributed by atoms with E-state index < -0.39 is 6.10 Å². The van der Waals surface area contributed by atoms with Gasteiger partial charge in [-0.05, 0) is 62.2 Å². The monoisotopic (exact) mass is 507 g/mol. The molecule has 5 rings (SSSR count). The van der Waals surface area contributed by atoms with E-state index in [9.17, 15) is 9.90 Å². The molecule has 2 aromatic heterocycles. The molecule has 0 spiro atoms. The zero-order chi connectivity index (χ0) is 25.4. The lowest BCUT2D eigenvalue weighted by molar-refractivity contribution is -0.00521. The van der Waals surface area contributed by atoms with Gasteiger partial charge in [-0.15, -0.1) is 0 Å². The van der Waals surface area contributed by atoms with Gasteiger partial charge < -0.3 is 30.0 Å². The number of rotatable bonds is 6. The van der Waals surface area contributed by atoms with Crippen LogP contribution in [-0.4, -0.2) is 51.9 Å². The first-order valence-electron chi connectivity index (χ1n) is 12.1. The van der Waals surface area contributed by atoms with Crippen LogP contribution in [0.3, 0.4) is 0 Å². The predicted molar refractivity (Wildman–Crippen MR) is 144 cm³/mol. The highest BCUT2D eigenvalue weighted by Crippen LogP contribution is 2.30. The second-order valence-corrected chi connectivity index (χ2v) is 9.89. The van der Waals surface area contributed by atoms with Crippen molar-refractivity contribution in [2.45, 2.75) is 39.1 Å². The summed E-state index contributed by atoms with van der Waals surface area (Å²) in [6, 6.07) is 13.1. The van der Waals surface area contributed by atoms with Crippen LogP contribution in [0.15, 0.2) is 53.5 Å². The molecule has 1 aliphatic heterocycles. The Kier molecular flexibility index (Phi) is 6.75. The molecular weight excluding hydrogens is 478 g/mol. The number of imidazole rings is 1. The van der Waals surface area contributed by atoms with Gasteiger partial charge in [-0.25, -0.2) is 4.98 Å². The molecule has 36 heavy (non-hydrogen) atoms. The first kappa shape index (κ1) is 24.4. The number of aliphatic hydroxyl groups is 1. The van der Waals surface area contributed by atoms with E-state index in [0.717, 1.165) is 35.4 Å². The average Bonchev–Trinajstić information content (AvgIpc) is 3.26. The van der Waals surface area contributed by atoms with Crippen molar-refractivity contribution in [1.82, 2.24) is 15.0 Å². The third-order valence-corrected chi connectivity index (χ3v) is 6.70. The molecule has 8 nitrogen and oxygen atoms in total. The number of ether oxygens (including phenoxy) is 1. The summed E-state index contributed by atoms with van der Waals surface area (Å²) in [6.45, 7) is 8.03. The van der Waals surface area contributed by atoms with E-state index in [1.54, 1.807) is 30.5 Å². The lowest BCUT2D eigenvalue weighted by Gasteiger charge is -2.37. The summed E-state index contributed by atoms with van der Waals surface area (Å²) in [5.74, 6) is 0.468. The maximum Gasteiger partial charge on any atom is 0.261 e. The maximum absolute atomic E-state index is 12.9. The zero-order valence-corrected chi connectivity index (χ0v) is 21.3. The highest BCUT2D eigenvalue weighted by atomic mass is 35.5. The van der Waals surface area contributed by atoms with Crippen molar-refractivity contribution in [2.75, 3.05) is 29.9 Å². The first-order valence-corrected chi connectivity index (χ1v) is 12.5. The number of halogens is 1. The Morgan fingerprint density at radius 2 is 2.00 bits per heavy atom. The standard InChI is InChI=1S/C27H30ClN5O3/c1-15-9-20(33-13-16(2)36-17(3)14-33)11-22-25(15)32-26(31-22)24-21(7-8-29-27(24)35)30-12-23(34)18-5-4-6-19(28)10-18/h4-11,16-17,23,34H,12-14H2,1-3H3,(H,31,32)(H2,29,30,35). The fourth-order valence-electron chi connectivity index (χ4n) is 4.86. The number of aliphatic hydroxyl groups excluding tert-OH is 1. The summed E-state index contributed by atoms with van der Waals surface area (Å²) in [7, 11) is 0. The third-order valence-electron chi connectivity index (χ3n) is 6.46. The van der Waals surface area contributed by atoms with E-state index >= 15 is 0 Å². The first-order chi connectivity index (χ1) is 17.3. The number of morpholine rings is 1. The van der Waals surface area contributed by atoms with Crippen LogP contribution in [0.4, 0.5) is 11.4 Å². The maximum atomic E-state index is 12.9. The van der Waals surface area contributed by atoms with Crippen LogP contribution in [0.2, 0.25) is 5.02 Å². The number of hydrogen-bond donors (Lipinski definition) is 4. The minimum atomic E-state index is -0.797. The third kappa shape index (κ3) is 4.97. The van der Waals surface area contributed by atoms with Crippen molar-refractivity contribution < 1.29 is 9.84 Å². The van der Waals surface area contributed by atoms with Crippen LogP contribution in [0.25, 0.3) is 22.4 Å². The number of nitrogens with zero attached hydrogens (tertiary/aromatic N) is 2. The Labute approximate surface area is 214 Å². The van der Waals surface area contributed by atoms with Gasteiger partial charge in [0, 0.05) is 36.5 Å². The van der Waals surface area contributed by atoms with Gasteiger partial charge in [-0.2, -0.15) is 0 Å². The second-order valence-electron chi connectivity index (χ2n) is 9.45. The Balaban J connectivity index is 1.45. The molecule has 0 bridgehead atoms. The van der Waals surface area contributed by atoms with Crippen LogP contribution in [0, 0.1) is 6.92 Å². The van der Waals surface area contributed by atoms with Crippen molar-refractivity contribution in [3.8, 4) is 11.4 Å². The normalized spacial score (nSPS) is 19.0. The van der Waals surface area contributed by atoms with Crippen LogP contribution in [0.1, 0.15) is 31.1 Å². The molecule has 1 fully saturated rings. The number of anilines is 2. The molecule has 2 aromatic carbocycles. The number of benzene rings is 2. The molecule has 1 aliphatic rings. The van der Waals surface area contributed by atoms with E-state index in [1.807, 2.05) is 13.0 Å². The topological polar surface area (TPSA) is 106 Å². The molecule has 188 valence electrons. The van der Waals surface area contributed by atoms with E-state index in [2.05, 4.69) is 46.2 Å². The molecule has 1 saturated heterocycles. The van der Waals surface area contributed by atoms with Crippen molar-refractivity contribution in [3.05, 3.63) is 75.2 Å². The summed E-state index contributed by atoms with van der Waals surface area (Å²) >= 11 is 6.06. The molecule has 3 heterocycles. The molecular formula is C27H30ClN5O3. The smallest absolute Gasteiger partial charge is 0.261 e. The number of hydrogen-bond acceptors (Lipinski definition) is 6. The molecule has 4 aromatic rings. The van der Waals surface area contributed by atoms with E-state index in [-0.39, 0.29) is 24.3 Å².